The molecular formula is C16H22ClF3N4O3. The standard InChI is InChI=1S/C16H21F3N4O3.ClH/c17-16(18,19)12-1-2-13(14(9-12)23(25)26)21-8-5-15(24)22-7-4-11-3-6-20-10-11;/h1-2,9,11,20-21H,3-8,10H2,(H,22,24);1H. The molecule has 1 aliphatic heterocycles. The van der Waals surface area contributed by atoms with Gasteiger partial charge in [0.05, 0.1) is 10.5 Å². The topological polar surface area (TPSA) is 96.3 Å². The SMILES string of the molecule is Cl.O=C(CCNc1ccc(C(F)(F)F)cc1[N+](=O)[O-])NCCC1CCNC1. The molecule has 0 bridgehead atoms. The summed E-state index contributed by atoms with van der Waals surface area (Å²) in [5.74, 6) is 0.348. The lowest BCUT2D eigenvalue weighted by Gasteiger charge is -2.11. The second-order valence-electron chi connectivity index (χ2n) is 6.16. The van der Waals surface area contributed by atoms with Crippen LogP contribution in [-0.4, -0.2) is 37.0 Å². The summed E-state index contributed by atoms with van der Waals surface area (Å²) in [7, 11) is 0. The molecule has 0 aromatic heterocycles. The van der Waals surface area contributed by atoms with Crippen molar-refractivity contribution in [3.05, 3.63) is 33.9 Å². The number of nitro benzene ring substituents is 1. The van der Waals surface area contributed by atoms with Gasteiger partial charge in [0.25, 0.3) is 5.69 Å². The zero-order valence-electron chi connectivity index (χ0n) is 14.5. The van der Waals surface area contributed by atoms with Crippen LogP contribution in [0.3, 0.4) is 0 Å². The van der Waals surface area contributed by atoms with Gasteiger partial charge in [0, 0.05) is 25.6 Å². The fraction of sp³-hybridized carbons (Fsp3) is 0.562. The molecule has 1 atom stereocenters. The van der Waals surface area contributed by atoms with Crippen molar-refractivity contribution in [3.8, 4) is 0 Å². The van der Waals surface area contributed by atoms with E-state index in [9.17, 15) is 28.1 Å². The average Bonchev–Trinajstić information content (AvgIpc) is 3.07. The lowest BCUT2D eigenvalue weighted by molar-refractivity contribution is -0.384. The molecular weight excluding hydrogens is 389 g/mol. The van der Waals surface area contributed by atoms with E-state index in [1.807, 2.05) is 0 Å². The predicted molar refractivity (Wildman–Crippen MR) is 97.1 cm³/mol. The van der Waals surface area contributed by atoms with E-state index in [1.54, 1.807) is 0 Å². The molecule has 0 aliphatic carbocycles. The third-order valence-electron chi connectivity index (χ3n) is 4.23. The smallest absolute Gasteiger partial charge is 0.379 e. The molecule has 2 rings (SSSR count). The number of halogens is 4. The third-order valence-corrected chi connectivity index (χ3v) is 4.23. The summed E-state index contributed by atoms with van der Waals surface area (Å²) < 4.78 is 38.0. The molecule has 1 amide bonds. The zero-order valence-corrected chi connectivity index (χ0v) is 15.3. The molecule has 1 aromatic rings. The number of nitrogens with zero attached hydrogens (tertiary/aromatic N) is 1. The van der Waals surface area contributed by atoms with Gasteiger partial charge in [0.1, 0.15) is 5.69 Å². The fourth-order valence-corrected chi connectivity index (χ4v) is 2.78. The second-order valence-corrected chi connectivity index (χ2v) is 6.16. The van der Waals surface area contributed by atoms with Crippen LogP contribution in [0, 0.1) is 16.0 Å². The van der Waals surface area contributed by atoms with E-state index in [4.69, 9.17) is 0 Å². The number of nitro groups is 1. The highest BCUT2D eigenvalue weighted by Gasteiger charge is 2.33. The van der Waals surface area contributed by atoms with Gasteiger partial charge >= 0.3 is 6.18 Å². The van der Waals surface area contributed by atoms with Crippen LogP contribution >= 0.6 is 12.4 Å². The van der Waals surface area contributed by atoms with Gasteiger partial charge in [-0.3, -0.25) is 14.9 Å². The van der Waals surface area contributed by atoms with Gasteiger partial charge in [-0.2, -0.15) is 13.2 Å². The van der Waals surface area contributed by atoms with Gasteiger partial charge in [-0.05, 0) is 44.0 Å². The Balaban J connectivity index is 0.00000364. The quantitative estimate of drug-likeness (QED) is 0.452. The first-order chi connectivity index (χ1) is 12.3. The zero-order chi connectivity index (χ0) is 19.2. The Labute approximate surface area is 160 Å². The van der Waals surface area contributed by atoms with Crippen LogP contribution in [0.15, 0.2) is 18.2 Å². The average molecular weight is 411 g/mol. The highest BCUT2D eigenvalue weighted by molar-refractivity contribution is 5.85. The summed E-state index contributed by atoms with van der Waals surface area (Å²) in [6.45, 7) is 2.60. The highest BCUT2D eigenvalue weighted by atomic mass is 35.5. The Morgan fingerprint density at radius 2 is 2.07 bits per heavy atom. The largest absolute Gasteiger partial charge is 0.416 e. The summed E-state index contributed by atoms with van der Waals surface area (Å²) in [4.78, 5) is 21.9. The first-order valence-corrected chi connectivity index (χ1v) is 8.34. The second kappa shape index (κ2) is 10.3. The van der Waals surface area contributed by atoms with Crippen molar-refractivity contribution >= 4 is 29.7 Å². The first-order valence-electron chi connectivity index (χ1n) is 8.34. The number of anilines is 1. The fourth-order valence-electron chi connectivity index (χ4n) is 2.78. The number of hydrogen-bond donors (Lipinski definition) is 3. The lowest BCUT2D eigenvalue weighted by atomic mass is 10.1. The highest BCUT2D eigenvalue weighted by Crippen LogP contribution is 2.34. The van der Waals surface area contributed by atoms with Crippen LogP contribution in [0.25, 0.3) is 0 Å². The van der Waals surface area contributed by atoms with Gasteiger partial charge in [-0.15, -0.1) is 12.4 Å². The van der Waals surface area contributed by atoms with E-state index in [0.29, 0.717) is 18.5 Å². The molecule has 3 N–H and O–H groups in total. The number of nitrogens with one attached hydrogen (secondary N) is 3. The molecule has 152 valence electrons. The molecule has 27 heavy (non-hydrogen) atoms. The number of carbonyl (C=O) groups is 1. The van der Waals surface area contributed by atoms with Crippen molar-refractivity contribution in [2.24, 2.45) is 5.92 Å². The van der Waals surface area contributed by atoms with Crippen LogP contribution in [0.1, 0.15) is 24.8 Å². The summed E-state index contributed by atoms with van der Waals surface area (Å²) >= 11 is 0. The molecule has 11 heteroatoms. The minimum Gasteiger partial charge on any atom is -0.379 e. The molecule has 1 unspecified atom stereocenters. The van der Waals surface area contributed by atoms with Crippen molar-refractivity contribution in [1.82, 2.24) is 10.6 Å². The molecule has 1 fully saturated rings. The van der Waals surface area contributed by atoms with Crippen LogP contribution < -0.4 is 16.0 Å². The Hall–Kier alpha value is -2.07. The molecule has 0 radical (unpaired) electrons. The minimum absolute atomic E-state index is 0. The van der Waals surface area contributed by atoms with Gasteiger partial charge in [-0.25, -0.2) is 0 Å². The van der Waals surface area contributed by atoms with Gasteiger partial charge in [-0.1, -0.05) is 0 Å². The Kier molecular flexibility index (Phi) is 8.77. The van der Waals surface area contributed by atoms with E-state index in [-0.39, 0.29) is 37.0 Å². The van der Waals surface area contributed by atoms with Gasteiger partial charge < -0.3 is 16.0 Å². The molecule has 0 spiro atoms. The Bertz CT molecular complexity index is 652. The van der Waals surface area contributed by atoms with E-state index in [2.05, 4.69) is 16.0 Å². The monoisotopic (exact) mass is 410 g/mol. The van der Waals surface area contributed by atoms with Crippen molar-refractivity contribution in [2.45, 2.75) is 25.4 Å². The van der Waals surface area contributed by atoms with Crippen molar-refractivity contribution in [2.75, 3.05) is 31.5 Å². The van der Waals surface area contributed by atoms with E-state index < -0.39 is 22.4 Å². The van der Waals surface area contributed by atoms with Gasteiger partial charge in [0.2, 0.25) is 5.91 Å². The first kappa shape index (κ1) is 23.0. The molecule has 7 nitrogen and oxygen atoms in total. The minimum atomic E-state index is -4.65. The van der Waals surface area contributed by atoms with Crippen LogP contribution in [0.5, 0.6) is 0 Å². The normalized spacial score (nSPS) is 16.5. The van der Waals surface area contributed by atoms with Crippen LogP contribution in [0.4, 0.5) is 24.5 Å². The number of carbonyl (C=O) groups excluding carboxylic acids is 1. The lowest BCUT2D eigenvalue weighted by Crippen LogP contribution is -2.28. The number of alkyl halides is 3. The third kappa shape index (κ3) is 7.22. The number of rotatable bonds is 8. The molecule has 0 saturated carbocycles. The number of hydrogen-bond acceptors (Lipinski definition) is 5. The molecule has 1 heterocycles. The Morgan fingerprint density at radius 1 is 1.33 bits per heavy atom. The van der Waals surface area contributed by atoms with Crippen LogP contribution in [-0.2, 0) is 11.0 Å². The molecule has 1 saturated heterocycles. The predicted octanol–water partition coefficient (Wildman–Crippen LogP) is 2.95. The van der Waals surface area contributed by atoms with Crippen molar-refractivity contribution in [3.63, 3.8) is 0 Å². The maximum atomic E-state index is 12.7. The van der Waals surface area contributed by atoms with E-state index in [1.165, 1.54) is 0 Å². The summed E-state index contributed by atoms with van der Waals surface area (Å²) in [5, 5.41) is 19.7. The summed E-state index contributed by atoms with van der Waals surface area (Å²) in [6, 6.07) is 2.26. The van der Waals surface area contributed by atoms with Crippen molar-refractivity contribution < 1.29 is 22.9 Å². The molecule has 1 aromatic carbocycles. The maximum Gasteiger partial charge on any atom is 0.416 e. The Morgan fingerprint density at radius 3 is 2.67 bits per heavy atom. The maximum absolute atomic E-state index is 12.7. The van der Waals surface area contributed by atoms with E-state index >= 15 is 0 Å². The summed E-state index contributed by atoms with van der Waals surface area (Å²) in [6.07, 6.45) is -2.61. The number of amides is 1. The number of benzene rings is 1. The van der Waals surface area contributed by atoms with Crippen molar-refractivity contribution in [1.29, 1.82) is 0 Å². The van der Waals surface area contributed by atoms with Crippen LogP contribution in [0.2, 0.25) is 0 Å². The van der Waals surface area contributed by atoms with E-state index in [0.717, 1.165) is 38.1 Å². The summed E-state index contributed by atoms with van der Waals surface area (Å²) in [5.41, 5.74) is -1.81. The van der Waals surface area contributed by atoms with Gasteiger partial charge in [0.15, 0.2) is 0 Å². The molecule has 1 aliphatic rings.